The van der Waals surface area contributed by atoms with Crippen molar-refractivity contribution in [1.29, 1.82) is 0 Å². The molecule has 1 N–H and O–H groups in total. The average molecular weight is 534 g/mol. The van der Waals surface area contributed by atoms with Crippen molar-refractivity contribution in [3.8, 4) is 11.4 Å². The molecule has 4 heterocycles. The van der Waals surface area contributed by atoms with E-state index in [1.807, 2.05) is 0 Å². The fourth-order valence-electron chi connectivity index (χ4n) is 4.56. The van der Waals surface area contributed by atoms with Gasteiger partial charge in [0.05, 0.1) is 22.5 Å². The quantitative estimate of drug-likeness (QED) is 0.544. The molecule has 13 heteroatoms. The zero-order valence-electron chi connectivity index (χ0n) is 20.9. The fraction of sp³-hybridized carbons (Fsp3) is 0.440. The normalized spacial score (nSPS) is 18.7. The highest BCUT2D eigenvalue weighted by atomic mass is 19.4. The van der Waals surface area contributed by atoms with Crippen LogP contribution in [0, 0.1) is 0 Å². The van der Waals surface area contributed by atoms with Crippen LogP contribution in [0.25, 0.3) is 16.7 Å². The van der Waals surface area contributed by atoms with Gasteiger partial charge in [-0.2, -0.15) is 5.10 Å². The molecule has 202 valence electrons. The van der Waals surface area contributed by atoms with E-state index < -0.39 is 30.1 Å². The van der Waals surface area contributed by atoms with Gasteiger partial charge < -0.3 is 24.4 Å². The molecule has 2 aromatic heterocycles. The van der Waals surface area contributed by atoms with Crippen molar-refractivity contribution in [2.75, 3.05) is 24.5 Å². The first-order valence-corrected chi connectivity index (χ1v) is 12.0. The number of anilines is 1. The van der Waals surface area contributed by atoms with Gasteiger partial charge in [-0.3, -0.25) is 4.79 Å². The summed E-state index contributed by atoms with van der Waals surface area (Å²) in [6.07, 6.45) is -4.59. The van der Waals surface area contributed by atoms with E-state index in [9.17, 15) is 27.9 Å². The van der Waals surface area contributed by atoms with Crippen molar-refractivity contribution in [2.45, 2.75) is 51.2 Å². The van der Waals surface area contributed by atoms with Gasteiger partial charge in [-0.1, -0.05) is 0 Å². The number of hydrogen-bond donors (Lipinski definition) is 1. The summed E-state index contributed by atoms with van der Waals surface area (Å²) in [6, 6.07) is 6.86. The van der Waals surface area contributed by atoms with Gasteiger partial charge in [-0.15, -0.1) is 13.2 Å². The molecule has 3 aromatic rings. The number of halogens is 3. The second-order valence-corrected chi connectivity index (χ2v) is 10.2. The van der Waals surface area contributed by atoms with Gasteiger partial charge in [0.1, 0.15) is 17.5 Å². The van der Waals surface area contributed by atoms with Crippen LogP contribution in [-0.2, 0) is 9.53 Å². The van der Waals surface area contributed by atoms with E-state index in [1.165, 1.54) is 40.0 Å². The van der Waals surface area contributed by atoms with Gasteiger partial charge in [0, 0.05) is 38.2 Å². The summed E-state index contributed by atoms with van der Waals surface area (Å²) in [7, 11) is 0. The third-order valence-corrected chi connectivity index (χ3v) is 6.28. The number of benzene rings is 1. The molecule has 2 saturated heterocycles. The van der Waals surface area contributed by atoms with Gasteiger partial charge in [0.15, 0.2) is 5.65 Å². The largest absolute Gasteiger partial charge is 0.573 e. The highest BCUT2D eigenvalue weighted by Crippen LogP contribution is 2.39. The molecule has 2 aliphatic rings. The van der Waals surface area contributed by atoms with Gasteiger partial charge >= 0.3 is 12.5 Å². The van der Waals surface area contributed by atoms with Gasteiger partial charge in [-0.25, -0.2) is 14.5 Å². The van der Waals surface area contributed by atoms with Crippen LogP contribution in [0.4, 0.5) is 23.7 Å². The predicted octanol–water partition coefficient (Wildman–Crippen LogP) is 3.75. The molecule has 0 spiro atoms. The Hall–Kier alpha value is -3.87. The van der Waals surface area contributed by atoms with Crippen LogP contribution in [0.15, 0.2) is 36.5 Å². The average Bonchev–Trinajstić information content (AvgIpc) is 3.32. The van der Waals surface area contributed by atoms with Gasteiger partial charge in [0.2, 0.25) is 0 Å². The topological polar surface area (TPSA) is 110 Å². The number of amides is 2. The number of likely N-dealkylation sites (tertiary alicyclic amines) is 1. The van der Waals surface area contributed by atoms with E-state index in [0.29, 0.717) is 47.7 Å². The van der Waals surface area contributed by atoms with E-state index in [0.717, 1.165) is 0 Å². The molecule has 1 atom stereocenters. The first-order valence-electron chi connectivity index (χ1n) is 12.0. The highest BCUT2D eigenvalue weighted by Gasteiger charge is 2.40. The number of aliphatic hydroxyl groups is 1. The number of rotatable bonds is 4. The van der Waals surface area contributed by atoms with Crippen molar-refractivity contribution in [1.82, 2.24) is 19.7 Å². The molecule has 0 unspecified atom stereocenters. The monoisotopic (exact) mass is 533 g/mol. The standard InChI is InChI=1S/C25H26F3N5O5/c1-24(2,3)38-23(36)31-12-14(13-31)20-19-17(32-11-9-18(34)22(32)35)8-10-29-21(19)33(30-20)15-4-6-16(7-5-15)37-25(26,27)28/h4-8,10,14,18,34H,9,11-13H2,1-3H3/t18-/m0/s1. The molecule has 1 aromatic carbocycles. The zero-order valence-corrected chi connectivity index (χ0v) is 20.9. The molecule has 0 aliphatic carbocycles. The second-order valence-electron chi connectivity index (χ2n) is 10.2. The predicted molar refractivity (Wildman–Crippen MR) is 129 cm³/mol. The number of ether oxygens (including phenoxy) is 2. The molecule has 0 saturated carbocycles. The van der Waals surface area contributed by atoms with Crippen LogP contribution in [0.1, 0.15) is 38.8 Å². The van der Waals surface area contributed by atoms with Crippen molar-refractivity contribution < 1.29 is 37.3 Å². The van der Waals surface area contributed by atoms with Crippen molar-refractivity contribution in [3.05, 3.63) is 42.2 Å². The minimum Gasteiger partial charge on any atom is -0.444 e. The Morgan fingerprint density at radius 2 is 1.79 bits per heavy atom. The van der Waals surface area contributed by atoms with Gasteiger partial charge in [0.25, 0.3) is 5.91 Å². The number of pyridine rings is 1. The van der Waals surface area contributed by atoms with E-state index in [4.69, 9.17) is 9.84 Å². The lowest BCUT2D eigenvalue weighted by Crippen LogP contribution is -2.50. The molecule has 2 aliphatic heterocycles. The summed E-state index contributed by atoms with van der Waals surface area (Å²) in [5.74, 6) is -1.02. The lowest BCUT2D eigenvalue weighted by Gasteiger charge is -2.39. The van der Waals surface area contributed by atoms with Crippen LogP contribution < -0.4 is 9.64 Å². The molecule has 2 fully saturated rings. The van der Waals surface area contributed by atoms with Gasteiger partial charge in [-0.05, 0) is 51.1 Å². The lowest BCUT2D eigenvalue weighted by molar-refractivity contribution is -0.274. The minimum absolute atomic E-state index is 0.204. The maximum absolute atomic E-state index is 12.7. The molecule has 2 amide bonds. The number of hydrogen-bond acceptors (Lipinski definition) is 7. The molecule has 0 bridgehead atoms. The summed E-state index contributed by atoms with van der Waals surface area (Å²) in [5, 5.41) is 15.3. The summed E-state index contributed by atoms with van der Waals surface area (Å²) in [4.78, 5) is 32.6. The zero-order chi connectivity index (χ0) is 27.4. The number of fused-ring (bicyclic) bond motifs is 1. The Morgan fingerprint density at radius 3 is 2.37 bits per heavy atom. The SMILES string of the molecule is CC(C)(C)OC(=O)N1CC(c2nn(-c3ccc(OC(F)(F)F)cc3)c3nccc(N4CC[C@H](O)C4=O)c23)C1. The third kappa shape index (κ3) is 4.97. The second kappa shape index (κ2) is 9.15. The summed E-state index contributed by atoms with van der Waals surface area (Å²) < 4.78 is 48.7. The van der Waals surface area contributed by atoms with E-state index >= 15 is 0 Å². The highest BCUT2D eigenvalue weighted by molar-refractivity contribution is 6.06. The Labute approximate surface area is 215 Å². The van der Waals surface area contributed by atoms with Crippen LogP contribution in [0.3, 0.4) is 0 Å². The molecule has 10 nitrogen and oxygen atoms in total. The number of aliphatic hydroxyl groups excluding tert-OH is 1. The van der Waals surface area contributed by atoms with Crippen molar-refractivity contribution >= 4 is 28.7 Å². The summed E-state index contributed by atoms with van der Waals surface area (Å²) >= 11 is 0. The molecule has 5 rings (SSSR count). The smallest absolute Gasteiger partial charge is 0.444 e. The minimum atomic E-state index is -4.82. The lowest BCUT2D eigenvalue weighted by atomic mass is 9.94. The maximum Gasteiger partial charge on any atom is 0.573 e. The number of carbonyl (C=O) groups is 2. The van der Waals surface area contributed by atoms with Crippen molar-refractivity contribution in [2.24, 2.45) is 0 Å². The molecular formula is C25H26F3N5O5. The first-order chi connectivity index (χ1) is 17.8. The number of alkyl halides is 3. The molecule has 38 heavy (non-hydrogen) atoms. The molecular weight excluding hydrogens is 507 g/mol. The maximum atomic E-state index is 12.7. The van der Waals surface area contributed by atoms with Crippen LogP contribution >= 0.6 is 0 Å². The Kier molecular flexibility index (Phi) is 6.21. The Bertz CT molecular complexity index is 1380. The summed E-state index contributed by atoms with van der Waals surface area (Å²) in [6.45, 7) is 6.29. The summed E-state index contributed by atoms with van der Waals surface area (Å²) in [5.41, 5.74) is 1.26. The van der Waals surface area contributed by atoms with Crippen LogP contribution in [0.2, 0.25) is 0 Å². The third-order valence-electron chi connectivity index (χ3n) is 6.28. The Morgan fingerprint density at radius 1 is 1.11 bits per heavy atom. The van der Waals surface area contributed by atoms with Crippen LogP contribution in [-0.4, -0.2) is 74.5 Å². The number of nitrogens with zero attached hydrogens (tertiary/aromatic N) is 5. The van der Waals surface area contributed by atoms with Crippen molar-refractivity contribution in [3.63, 3.8) is 0 Å². The van der Waals surface area contributed by atoms with E-state index in [-0.39, 0.29) is 18.1 Å². The first kappa shape index (κ1) is 25.8. The van der Waals surface area contributed by atoms with E-state index in [1.54, 1.807) is 31.7 Å². The fourth-order valence-corrected chi connectivity index (χ4v) is 4.56. The number of aromatic nitrogens is 3. The number of carbonyl (C=O) groups excluding carboxylic acids is 2. The molecule has 0 radical (unpaired) electrons. The van der Waals surface area contributed by atoms with E-state index in [2.05, 4.69) is 9.72 Å². The van der Waals surface area contributed by atoms with Crippen LogP contribution in [0.5, 0.6) is 5.75 Å². The Balaban J connectivity index is 1.53.